The van der Waals surface area contributed by atoms with Crippen LogP contribution in [0.5, 0.6) is 5.75 Å². The van der Waals surface area contributed by atoms with Gasteiger partial charge in [-0.2, -0.15) is 5.26 Å². The van der Waals surface area contributed by atoms with Crippen molar-refractivity contribution in [2.24, 2.45) is 0 Å². The van der Waals surface area contributed by atoms with Crippen LogP contribution < -0.4 is 5.56 Å². The highest BCUT2D eigenvalue weighted by atomic mass is 35.5. The maximum Gasteiger partial charge on any atom is 0.266 e. The van der Waals surface area contributed by atoms with Crippen LogP contribution in [0.2, 0.25) is 10.0 Å². The molecule has 0 aliphatic heterocycles. The van der Waals surface area contributed by atoms with Gasteiger partial charge in [-0.3, -0.25) is 9.78 Å². The highest BCUT2D eigenvalue weighted by Gasteiger charge is 2.17. The van der Waals surface area contributed by atoms with E-state index in [2.05, 4.69) is 9.97 Å². The molecular formula is C23H13Cl2N3O2. The van der Waals surface area contributed by atoms with E-state index in [4.69, 9.17) is 23.2 Å². The summed E-state index contributed by atoms with van der Waals surface area (Å²) in [7, 11) is 0. The molecule has 2 heterocycles. The number of halogens is 2. The van der Waals surface area contributed by atoms with Crippen molar-refractivity contribution in [1.82, 2.24) is 9.97 Å². The van der Waals surface area contributed by atoms with Gasteiger partial charge in [0.1, 0.15) is 17.4 Å². The third kappa shape index (κ3) is 3.67. The number of nitrogens with one attached hydrogen (secondary N) is 1. The van der Waals surface area contributed by atoms with Crippen LogP contribution in [0.4, 0.5) is 0 Å². The van der Waals surface area contributed by atoms with Gasteiger partial charge in [-0.15, -0.1) is 0 Å². The molecule has 2 aromatic heterocycles. The molecule has 2 N–H and O–H groups in total. The van der Waals surface area contributed by atoms with Crippen molar-refractivity contribution in [1.29, 1.82) is 5.26 Å². The Balaban J connectivity index is 1.96. The molecule has 4 rings (SSSR count). The van der Waals surface area contributed by atoms with Crippen LogP contribution in [0.3, 0.4) is 0 Å². The van der Waals surface area contributed by atoms with Gasteiger partial charge in [0, 0.05) is 39.1 Å². The molecule has 0 aliphatic carbocycles. The highest BCUT2D eigenvalue weighted by molar-refractivity contribution is 6.35. The minimum absolute atomic E-state index is 0.0173. The number of pyridine rings is 2. The van der Waals surface area contributed by atoms with Gasteiger partial charge in [-0.1, -0.05) is 29.3 Å². The number of benzene rings is 2. The maximum atomic E-state index is 12.7. The van der Waals surface area contributed by atoms with Gasteiger partial charge in [0.25, 0.3) is 5.56 Å². The van der Waals surface area contributed by atoms with Crippen LogP contribution in [-0.4, -0.2) is 15.1 Å². The van der Waals surface area contributed by atoms with E-state index in [-0.39, 0.29) is 11.3 Å². The fraction of sp³-hybridized carbons (Fsp3) is 0. The van der Waals surface area contributed by atoms with Gasteiger partial charge < -0.3 is 10.1 Å². The molecule has 0 spiro atoms. The van der Waals surface area contributed by atoms with E-state index >= 15 is 0 Å². The summed E-state index contributed by atoms with van der Waals surface area (Å²) < 4.78 is 0. The molecule has 0 saturated carbocycles. The lowest BCUT2D eigenvalue weighted by Crippen LogP contribution is -2.13. The third-order valence-electron chi connectivity index (χ3n) is 4.66. The summed E-state index contributed by atoms with van der Waals surface area (Å²) in [6.07, 6.45) is 3.34. The average molecular weight is 434 g/mol. The normalized spacial score (nSPS) is 10.6. The van der Waals surface area contributed by atoms with E-state index in [1.807, 2.05) is 18.2 Å². The maximum absolute atomic E-state index is 12.7. The quantitative estimate of drug-likeness (QED) is 0.436. The van der Waals surface area contributed by atoms with E-state index in [9.17, 15) is 15.2 Å². The first-order valence-electron chi connectivity index (χ1n) is 8.84. The number of nitriles is 1. The Labute approximate surface area is 181 Å². The molecule has 0 atom stereocenters. The number of aromatic nitrogens is 2. The number of aromatic amines is 1. The van der Waals surface area contributed by atoms with Gasteiger partial charge in [0.05, 0.1) is 5.69 Å². The number of aromatic hydroxyl groups is 1. The minimum atomic E-state index is -0.588. The van der Waals surface area contributed by atoms with Gasteiger partial charge >= 0.3 is 0 Å². The molecule has 4 aromatic rings. The fourth-order valence-corrected chi connectivity index (χ4v) is 3.60. The van der Waals surface area contributed by atoms with Crippen LogP contribution in [0.1, 0.15) is 5.56 Å². The lowest BCUT2D eigenvalue weighted by Gasteiger charge is -2.12. The summed E-state index contributed by atoms with van der Waals surface area (Å²) in [5.41, 5.74) is 2.60. The van der Waals surface area contributed by atoms with Crippen molar-refractivity contribution in [3.63, 3.8) is 0 Å². The third-order valence-corrected chi connectivity index (χ3v) is 5.23. The predicted octanol–water partition coefficient (Wildman–Crippen LogP) is 5.65. The summed E-state index contributed by atoms with van der Waals surface area (Å²) in [4.78, 5) is 19.3. The highest BCUT2D eigenvalue weighted by Crippen LogP contribution is 2.36. The van der Waals surface area contributed by atoms with Crippen molar-refractivity contribution in [2.45, 2.75) is 0 Å². The molecule has 0 bridgehead atoms. The first-order valence-corrected chi connectivity index (χ1v) is 9.60. The van der Waals surface area contributed by atoms with Gasteiger partial charge in [-0.05, 0) is 59.7 Å². The Kier molecular flexibility index (Phi) is 5.28. The van der Waals surface area contributed by atoms with Crippen LogP contribution in [0.15, 0.2) is 71.8 Å². The number of phenols is 1. The van der Waals surface area contributed by atoms with Gasteiger partial charge in [0.2, 0.25) is 0 Å². The zero-order valence-corrected chi connectivity index (χ0v) is 16.9. The zero-order chi connectivity index (χ0) is 21.3. The first-order chi connectivity index (χ1) is 14.5. The average Bonchev–Trinajstić information content (AvgIpc) is 2.76. The second kappa shape index (κ2) is 8.03. The Morgan fingerprint density at radius 2 is 1.67 bits per heavy atom. The Morgan fingerprint density at radius 1 is 0.900 bits per heavy atom. The van der Waals surface area contributed by atoms with Crippen molar-refractivity contribution in [3.05, 3.63) is 93.0 Å². The van der Waals surface area contributed by atoms with E-state index in [1.54, 1.807) is 54.9 Å². The predicted molar refractivity (Wildman–Crippen MR) is 118 cm³/mol. The minimum Gasteiger partial charge on any atom is -0.507 e. The monoisotopic (exact) mass is 433 g/mol. The molecule has 146 valence electrons. The smallest absolute Gasteiger partial charge is 0.266 e. The van der Waals surface area contributed by atoms with Crippen LogP contribution in [0.25, 0.3) is 33.5 Å². The molecule has 7 heteroatoms. The molecule has 0 radical (unpaired) electrons. The SMILES string of the molecule is N#Cc1c(-c2cc(Cl)ccc2Cl)cc(-c2cc(-c3ccncc3)ccc2O)[nH]c1=O. The molecule has 2 aromatic carbocycles. The Hall–Kier alpha value is -3.59. The second-order valence-electron chi connectivity index (χ2n) is 6.50. The molecule has 0 saturated heterocycles. The molecule has 0 amide bonds. The van der Waals surface area contributed by atoms with Crippen LogP contribution in [0, 0.1) is 11.3 Å². The molecule has 0 unspecified atom stereocenters. The molecule has 0 fully saturated rings. The van der Waals surface area contributed by atoms with Gasteiger partial charge in [-0.25, -0.2) is 0 Å². The summed E-state index contributed by atoms with van der Waals surface area (Å²) >= 11 is 12.4. The van der Waals surface area contributed by atoms with E-state index in [0.29, 0.717) is 32.4 Å². The fourth-order valence-electron chi connectivity index (χ4n) is 3.21. The second-order valence-corrected chi connectivity index (χ2v) is 7.35. The Bertz CT molecular complexity index is 1360. The van der Waals surface area contributed by atoms with Crippen molar-refractivity contribution in [2.75, 3.05) is 0 Å². The molecule has 30 heavy (non-hydrogen) atoms. The number of nitrogens with zero attached hydrogens (tertiary/aromatic N) is 2. The van der Waals surface area contributed by atoms with E-state index in [1.165, 1.54) is 0 Å². The largest absolute Gasteiger partial charge is 0.507 e. The zero-order valence-electron chi connectivity index (χ0n) is 15.4. The first kappa shape index (κ1) is 19.7. The van der Waals surface area contributed by atoms with Crippen molar-refractivity contribution < 1.29 is 5.11 Å². The lowest BCUT2D eigenvalue weighted by atomic mass is 9.97. The molecule has 0 aliphatic rings. The summed E-state index contributed by atoms with van der Waals surface area (Å²) in [5.74, 6) is -0.0173. The standard InChI is InChI=1S/C23H13Cl2N3O2/c24-15-2-3-20(25)17(10-15)16-11-21(28-23(30)19(16)12-26)18-9-14(1-4-22(18)29)13-5-7-27-8-6-13/h1-11,29H,(H,28,30). The molecular weight excluding hydrogens is 421 g/mol. The number of hydrogen-bond donors (Lipinski definition) is 2. The van der Waals surface area contributed by atoms with Crippen LogP contribution >= 0.6 is 23.2 Å². The summed E-state index contributed by atoms with van der Waals surface area (Å²) in [6.45, 7) is 0. The van der Waals surface area contributed by atoms with Crippen molar-refractivity contribution >= 4 is 23.2 Å². The number of phenolic OH excluding ortho intramolecular Hbond substituents is 1. The van der Waals surface area contributed by atoms with Crippen LogP contribution in [-0.2, 0) is 0 Å². The van der Waals surface area contributed by atoms with Crippen molar-refractivity contribution in [3.8, 4) is 45.3 Å². The molecule has 5 nitrogen and oxygen atoms in total. The summed E-state index contributed by atoms with van der Waals surface area (Å²) in [6, 6.07) is 17.1. The Morgan fingerprint density at radius 3 is 2.40 bits per heavy atom. The van der Waals surface area contributed by atoms with E-state index < -0.39 is 5.56 Å². The number of hydrogen-bond acceptors (Lipinski definition) is 4. The van der Waals surface area contributed by atoms with Gasteiger partial charge in [0.15, 0.2) is 0 Å². The lowest BCUT2D eigenvalue weighted by molar-refractivity contribution is 0.477. The number of H-pyrrole nitrogens is 1. The number of rotatable bonds is 3. The summed E-state index contributed by atoms with van der Waals surface area (Å²) in [5, 5.41) is 20.8. The topological polar surface area (TPSA) is 89.8 Å². The van der Waals surface area contributed by atoms with E-state index in [0.717, 1.165) is 11.1 Å².